The number of methoxy groups -OCH3 is 1. The number of benzene rings is 2. The van der Waals surface area contributed by atoms with Gasteiger partial charge in [0.1, 0.15) is 11.6 Å². The van der Waals surface area contributed by atoms with Crippen molar-refractivity contribution in [1.29, 1.82) is 0 Å². The van der Waals surface area contributed by atoms with Gasteiger partial charge in [-0.3, -0.25) is 0 Å². The van der Waals surface area contributed by atoms with E-state index in [0.717, 1.165) is 36.2 Å². The fraction of sp³-hybridized carbons (Fsp3) is 0.304. The van der Waals surface area contributed by atoms with Crippen LogP contribution in [0.5, 0.6) is 5.75 Å². The van der Waals surface area contributed by atoms with Crippen LogP contribution in [0, 0.1) is 6.92 Å². The van der Waals surface area contributed by atoms with Gasteiger partial charge in [-0.05, 0) is 42.7 Å². The molecule has 3 rings (SSSR count). The lowest BCUT2D eigenvalue weighted by Gasteiger charge is -2.12. The van der Waals surface area contributed by atoms with Gasteiger partial charge in [-0.15, -0.1) is 24.0 Å². The number of aliphatic imine (C=N–C) groups is 1. The first-order valence-corrected chi connectivity index (χ1v) is 9.88. The zero-order chi connectivity index (χ0) is 20.5. The summed E-state index contributed by atoms with van der Waals surface area (Å²) in [4.78, 5) is 9.03. The maximum absolute atomic E-state index is 5.29. The van der Waals surface area contributed by atoms with Gasteiger partial charge < -0.3 is 19.9 Å². The van der Waals surface area contributed by atoms with Gasteiger partial charge in [0, 0.05) is 32.0 Å². The molecular weight excluding hydrogens is 489 g/mol. The number of guanidine groups is 1. The van der Waals surface area contributed by atoms with Crippen molar-refractivity contribution >= 4 is 29.9 Å². The third kappa shape index (κ3) is 7.05. The second-order valence-corrected chi connectivity index (χ2v) is 6.82. The van der Waals surface area contributed by atoms with Crippen molar-refractivity contribution in [2.75, 3.05) is 13.7 Å². The van der Waals surface area contributed by atoms with Crippen LogP contribution in [0.3, 0.4) is 0 Å². The molecule has 30 heavy (non-hydrogen) atoms. The average molecular weight is 519 g/mol. The molecule has 0 atom stereocenters. The maximum Gasteiger partial charge on any atom is 0.191 e. The number of ether oxygens (including phenoxy) is 1. The third-order valence-corrected chi connectivity index (χ3v) is 4.63. The molecule has 0 aliphatic carbocycles. The highest BCUT2D eigenvalue weighted by Gasteiger charge is 2.02. The summed E-state index contributed by atoms with van der Waals surface area (Å²) >= 11 is 0. The molecule has 0 aliphatic rings. The number of hydrogen-bond acceptors (Lipinski definition) is 3. The van der Waals surface area contributed by atoms with E-state index in [9.17, 15) is 0 Å². The Labute approximate surface area is 195 Å². The smallest absolute Gasteiger partial charge is 0.191 e. The van der Waals surface area contributed by atoms with Gasteiger partial charge in [-0.2, -0.15) is 0 Å². The van der Waals surface area contributed by atoms with Crippen molar-refractivity contribution in [3.05, 3.63) is 83.4 Å². The number of aromatic nitrogens is 2. The molecule has 0 spiro atoms. The SMILES string of the molecule is CCNC(=NCc1cccc(Cn2ccnc2C)c1)NCc1cccc(OC)c1.I. The number of hydrogen-bond donors (Lipinski definition) is 2. The Balaban J connectivity index is 0.00000320. The van der Waals surface area contributed by atoms with Crippen LogP contribution in [0.15, 0.2) is 65.9 Å². The fourth-order valence-corrected chi connectivity index (χ4v) is 3.07. The lowest BCUT2D eigenvalue weighted by atomic mass is 10.1. The number of rotatable bonds is 8. The molecule has 6 nitrogen and oxygen atoms in total. The summed E-state index contributed by atoms with van der Waals surface area (Å²) in [5, 5.41) is 6.69. The largest absolute Gasteiger partial charge is 0.497 e. The minimum absolute atomic E-state index is 0. The monoisotopic (exact) mass is 519 g/mol. The predicted octanol–water partition coefficient (Wildman–Crippen LogP) is 4.12. The van der Waals surface area contributed by atoms with Crippen LogP contribution in [0.4, 0.5) is 0 Å². The Kier molecular flexibility index (Phi) is 9.66. The van der Waals surface area contributed by atoms with E-state index in [2.05, 4.69) is 57.4 Å². The molecule has 0 fully saturated rings. The molecule has 0 saturated carbocycles. The highest BCUT2D eigenvalue weighted by atomic mass is 127. The Bertz CT molecular complexity index is 954. The van der Waals surface area contributed by atoms with Gasteiger partial charge in [-0.25, -0.2) is 9.98 Å². The molecule has 2 aromatic carbocycles. The summed E-state index contributed by atoms with van der Waals surface area (Å²) in [5.74, 6) is 2.67. The van der Waals surface area contributed by atoms with Crippen molar-refractivity contribution in [3.63, 3.8) is 0 Å². The Morgan fingerprint density at radius 2 is 1.83 bits per heavy atom. The van der Waals surface area contributed by atoms with Crippen molar-refractivity contribution in [2.45, 2.75) is 33.5 Å². The molecule has 0 aliphatic heterocycles. The van der Waals surface area contributed by atoms with E-state index in [4.69, 9.17) is 9.73 Å². The summed E-state index contributed by atoms with van der Waals surface area (Å²) in [6.07, 6.45) is 3.84. The second kappa shape index (κ2) is 12.2. The Hall–Kier alpha value is -2.55. The Morgan fingerprint density at radius 1 is 1.07 bits per heavy atom. The summed E-state index contributed by atoms with van der Waals surface area (Å²) in [6, 6.07) is 16.6. The summed E-state index contributed by atoms with van der Waals surface area (Å²) < 4.78 is 7.43. The molecule has 1 heterocycles. The van der Waals surface area contributed by atoms with E-state index in [1.807, 2.05) is 37.5 Å². The lowest BCUT2D eigenvalue weighted by Crippen LogP contribution is -2.36. The van der Waals surface area contributed by atoms with Crippen molar-refractivity contribution in [1.82, 2.24) is 20.2 Å². The number of nitrogens with one attached hydrogen (secondary N) is 2. The third-order valence-electron chi connectivity index (χ3n) is 4.63. The van der Waals surface area contributed by atoms with Crippen LogP contribution in [-0.2, 0) is 19.6 Å². The highest BCUT2D eigenvalue weighted by Crippen LogP contribution is 2.12. The first-order valence-electron chi connectivity index (χ1n) is 9.88. The topological polar surface area (TPSA) is 63.5 Å². The molecular formula is C23H30IN5O. The summed E-state index contributed by atoms with van der Waals surface area (Å²) in [7, 11) is 1.68. The molecule has 0 amide bonds. The summed E-state index contributed by atoms with van der Waals surface area (Å²) in [6.45, 7) is 7.01. The number of aryl methyl sites for hydroxylation is 1. The zero-order valence-electron chi connectivity index (χ0n) is 17.8. The number of halogens is 1. The first kappa shape index (κ1) is 23.7. The number of imidazole rings is 1. The molecule has 0 unspecified atom stereocenters. The van der Waals surface area contributed by atoms with Crippen LogP contribution in [0.1, 0.15) is 29.4 Å². The molecule has 1 aromatic heterocycles. The molecule has 2 N–H and O–H groups in total. The van der Waals surface area contributed by atoms with E-state index < -0.39 is 0 Å². The molecule has 0 bridgehead atoms. The standard InChI is InChI=1S/C23H29N5O.HI/c1-4-24-23(27-16-20-8-6-10-22(14-20)29-3)26-15-19-7-5-9-21(13-19)17-28-12-11-25-18(28)2;/h5-14H,4,15-17H2,1-3H3,(H2,24,26,27);1H. The van der Waals surface area contributed by atoms with Crippen LogP contribution in [0.25, 0.3) is 0 Å². The molecule has 0 radical (unpaired) electrons. The lowest BCUT2D eigenvalue weighted by molar-refractivity contribution is 0.414. The minimum Gasteiger partial charge on any atom is -0.497 e. The molecule has 3 aromatic rings. The van der Waals surface area contributed by atoms with Crippen molar-refractivity contribution < 1.29 is 4.74 Å². The number of nitrogens with zero attached hydrogens (tertiary/aromatic N) is 3. The van der Waals surface area contributed by atoms with Crippen LogP contribution in [-0.4, -0.2) is 29.2 Å². The Morgan fingerprint density at radius 3 is 2.57 bits per heavy atom. The molecule has 7 heteroatoms. The zero-order valence-corrected chi connectivity index (χ0v) is 20.1. The van der Waals surface area contributed by atoms with Gasteiger partial charge in [0.25, 0.3) is 0 Å². The summed E-state index contributed by atoms with van der Waals surface area (Å²) in [5.41, 5.74) is 3.57. The van der Waals surface area contributed by atoms with Crippen LogP contribution >= 0.6 is 24.0 Å². The predicted molar refractivity (Wildman–Crippen MR) is 133 cm³/mol. The van der Waals surface area contributed by atoms with Crippen LogP contribution in [0.2, 0.25) is 0 Å². The van der Waals surface area contributed by atoms with E-state index >= 15 is 0 Å². The van der Waals surface area contributed by atoms with Gasteiger partial charge >= 0.3 is 0 Å². The van der Waals surface area contributed by atoms with E-state index in [-0.39, 0.29) is 24.0 Å². The molecule has 160 valence electrons. The van der Waals surface area contributed by atoms with E-state index in [0.29, 0.717) is 13.1 Å². The van der Waals surface area contributed by atoms with Gasteiger partial charge in [0.05, 0.1) is 13.7 Å². The van der Waals surface area contributed by atoms with Crippen LogP contribution < -0.4 is 15.4 Å². The van der Waals surface area contributed by atoms with E-state index in [1.54, 1.807) is 7.11 Å². The first-order chi connectivity index (χ1) is 14.2. The maximum atomic E-state index is 5.29. The molecule has 0 saturated heterocycles. The normalized spacial score (nSPS) is 11.0. The van der Waals surface area contributed by atoms with Crippen molar-refractivity contribution in [3.8, 4) is 5.75 Å². The van der Waals surface area contributed by atoms with Gasteiger partial charge in [0.15, 0.2) is 5.96 Å². The van der Waals surface area contributed by atoms with E-state index in [1.165, 1.54) is 11.1 Å². The van der Waals surface area contributed by atoms with Gasteiger partial charge in [0.2, 0.25) is 0 Å². The van der Waals surface area contributed by atoms with Crippen molar-refractivity contribution in [2.24, 2.45) is 4.99 Å². The highest BCUT2D eigenvalue weighted by molar-refractivity contribution is 14.0. The second-order valence-electron chi connectivity index (χ2n) is 6.82. The minimum atomic E-state index is 0. The fourth-order valence-electron chi connectivity index (χ4n) is 3.07. The average Bonchev–Trinajstić information content (AvgIpc) is 3.15. The van der Waals surface area contributed by atoms with Gasteiger partial charge in [-0.1, -0.05) is 36.4 Å². The quantitative estimate of drug-likeness (QED) is 0.267.